The molecule has 0 saturated heterocycles. The predicted octanol–water partition coefficient (Wildman–Crippen LogP) is 6.75. The number of aromatic nitrogens is 1. The van der Waals surface area contributed by atoms with Crippen LogP contribution in [0.25, 0.3) is 0 Å². The topological polar surface area (TPSA) is 126 Å². The van der Waals surface area contributed by atoms with Crippen molar-refractivity contribution >= 4 is 34.9 Å². The fraction of sp³-hybridized carbons (Fsp3) is 0.321. The molecule has 0 aliphatic carbocycles. The van der Waals surface area contributed by atoms with Crippen molar-refractivity contribution in [3.63, 3.8) is 0 Å². The maximum Gasteiger partial charge on any atom is 0.263 e. The van der Waals surface area contributed by atoms with Gasteiger partial charge in [-0.25, -0.2) is 4.98 Å². The Morgan fingerprint density at radius 1 is 1.11 bits per heavy atom. The summed E-state index contributed by atoms with van der Waals surface area (Å²) in [6.07, 6.45) is 2.08. The lowest BCUT2D eigenvalue weighted by atomic mass is 9.86. The smallest absolute Gasteiger partial charge is 0.263 e. The molecular formula is C28H34Cl2N6O2. The standard InChI is InChI=1S/C26H28Cl2N6O2.C2H6/c1-16(22(18-5-4-6-21(28)14-18)13-17-7-10-20(27)11-8-17)32-25(35)26(2,3)36-23-12-9-19(15-31-23)24(29)33-34-30;1-2/h4-12,14-16,22H,13H2,1-3H3,(H,32,35)(H3,29,30,33);1-2H3. The van der Waals surface area contributed by atoms with Gasteiger partial charge in [-0.15, -0.1) is 5.11 Å². The summed E-state index contributed by atoms with van der Waals surface area (Å²) >= 11 is 12.3. The lowest BCUT2D eigenvalue weighted by molar-refractivity contribution is -0.135. The Balaban J connectivity index is 0.00000247. The average Bonchev–Trinajstić information content (AvgIpc) is 2.89. The highest BCUT2D eigenvalue weighted by Gasteiger charge is 2.33. The van der Waals surface area contributed by atoms with Gasteiger partial charge in [-0.1, -0.05) is 66.5 Å². The van der Waals surface area contributed by atoms with Gasteiger partial charge in [0.15, 0.2) is 11.4 Å². The number of rotatable bonds is 9. The summed E-state index contributed by atoms with van der Waals surface area (Å²) in [6, 6.07) is 18.2. The molecular weight excluding hydrogens is 523 g/mol. The molecule has 202 valence electrons. The number of carbonyl (C=O) groups is 1. The summed E-state index contributed by atoms with van der Waals surface area (Å²) < 4.78 is 5.89. The van der Waals surface area contributed by atoms with Gasteiger partial charge in [0.1, 0.15) is 0 Å². The number of ether oxygens (including phenoxy) is 1. The van der Waals surface area contributed by atoms with E-state index in [0.717, 1.165) is 11.1 Å². The van der Waals surface area contributed by atoms with Gasteiger partial charge in [0, 0.05) is 39.8 Å². The van der Waals surface area contributed by atoms with Crippen LogP contribution in [0.5, 0.6) is 5.88 Å². The van der Waals surface area contributed by atoms with Crippen molar-refractivity contribution in [2.75, 3.05) is 0 Å². The molecule has 10 heteroatoms. The Bertz CT molecular complexity index is 1230. The number of nitrogens with two attached hydrogens (primary N) is 1. The number of amidine groups is 1. The summed E-state index contributed by atoms with van der Waals surface area (Å²) in [5.41, 5.74) is 1.30. The van der Waals surface area contributed by atoms with E-state index in [1.165, 1.54) is 6.20 Å². The van der Waals surface area contributed by atoms with Gasteiger partial charge in [-0.3, -0.25) is 10.2 Å². The molecule has 0 spiro atoms. The SMILES string of the molecule is CC.CC(NC(=O)C(C)(C)Oc1ccc(C(=N)N=NN)cn1)C(Cc1ccc(Cl)cc1)c1cccc(Cl)c1. The highest BCUT2D eigenvalue weighted by atomic mass is 35.5. The Morgan fingerprint density at radius 2 is 1.79 bits per heavy atom. The van der Waals surface area contributed by atoms with Crippen molar-refractivity contribution in [1.29, 1.82) is 5.41 Å². The van der Waals surface area contributed by atoms with Crippen molar-refractivity contribution < 1.29 is 9.53 Å². The number of hydrogen-bond acceptors (Lipinski definition) is 5. The van der Waals surface area contributed by atoms with Crippen LogP contribution in [-0.4, -0.2) is 28.4 Å². The Labute approximate surface area is 234 Å². The van der Waals surface area contributed by atoms with Crippen LogP contribution in [0, 0.1) is 5.41 Å². The molecule has 0 aliphatic heterocycles. The van der Waals surface area contributed by atoms with Gasteiger partial charge in [0.25, 0.3) is 5.91 Å². The first-order valence-corrected chi connectivity index (χ1v) is 13.0. The molecule has 1 heterocycles. The molecule has 0 fully saturated rings. The first-order chi connectivity index (χ1) is 18.1. The molecule has 3 rings (SSSR count). The minimum atomic E-state index is -1.22. The summed E-state index contributed by atoms with van der Waals surface area (Å²) in [7, 11) is 0. The maximum atomic E-state index is 13.3. The molecule has 2 atom stereocenters. The van der Waals surface area contributed by atoms with E-state index < -0.39 is 5.60 Å². The van der Waals surface area contributed by atoms with Gasteiger partial charge >= 0.3 is 0 Å². The number of benzene rings is 2. The number of hydrogen-bond donors (Lipinski definition) is 3. The average molecular weight is 558 g/mol. The van der Waals surface area contributed by atoms with E-state index in [4.69, 9.17) is 39.2 Å². The highest BCUT2D eigenvalue weighted by Crippen LogP contribution is 2.28. The van der Waals surface area contributed by atoms with E-state index in [2.05, 4.69) is 20.6 Å². The fourth-order valence-electron chi connectivity index (χ4n) is 3.68. The molecule has 0 aliphatic rings. The van der Waals surface area contributed by atoms with Gasteiger partial charge in [0.2, 0.25) is 5.88 Å². The third-order valence-corrected chi connectivity index (χ3v) is 6.17. The maximum absolute atomic E-state index is 13.3. The van der Waals surface area contributed by atoms with E-state index in [1.54, 1.807) is 26.0 Å². The van der Waals surface area contributed by atoms with Crippen LogP contribution in [0.3, 0.4) is 0 Å². The zero-order valence-corrected chi connectivity index (χ0v) is 23.7. The normalized spacial score (nSPS) is 12.7. The van der Waals surface area contributed by atoms with Crippen LogP contribution >= 0.6 is 23.2 Å². The summed E-state index contributed by atoms with van der Waals surface area (Å²) in [6.45, 7) is 9.30. The van der Waals surface area contributed by atoms with Crippen LogP contribution in [0.2, 0.25) is 10.0 Å². The summed E-state index contributed by atoms with van der Waals surface area (Å²) in [5, 5.41) is 18.7. The number of amides is 1. The molecule has 38 heavy (non-hydrogen) atoms. The van der Waals surface area contributed by atoms with Crippen LogP contribution in [0.15, 0.2) is 77.2 Å². The van der Waals surface area contributed by atoms with Crippen molar-refractivity contribution in [2.24, 2.45) is 16.2 Å². The minimum Gasteiger partial charge on any atom is -0.462 e. The van der Waals surface area contributed by atoms with Crippen LogP contribution < -0.4 is 15.9 Å². The molecule has 2 aromatic carbocycles. The number of nitrogens with zero attached hydrogens (tertiary/aromatic N) is 3. The van der Waals surface area contributed by atoms with Gasteiger partial charge in [0.05, 0.1) is 0 Å². The quantitative estimate of drug-likeness (QED) is 0.0884. The second-order valence-electron chi connectivity index (χ2n) is 8.82. The number of halogens is 2. The minimum absolute atomic E-state index is 0.0512. The van der Waals surface area contributed by atoms with Gasteiger partial charge in [-0.2, -0.15) is 0 Å². The molecule has 8 nitrogen and oxygen atoms in total. The lowest BCUT2D eigenvalue weighted by Gasteiger charge is -2.30. The zero-order chi connectivity index (χ0) is 28.3. The first kappa shape index (κ1) is 30.7. The number of pyridine rings is 1. The molecule has 0 saturated carbocycles. The van der Waals surface area contributed by atoms with Crippen molar-refractivity contribution in [3.8, 4) is 5.88 Å². The fourth-order valence-corrected chi connectivity index (χ4v) is 4.00. The molecule has 0 radical (unpaired) electrons. The Morgan fingerprint density at radius 3 is 2.37 bits per heavy atom. The van der Waals surface area contributed by atoms with E-state index in [1.807, 2.05) is 69.3 Å². The molecule has 1 aromatic heterocycles. The predicted molar refractivity (Wildman–Crippen MR) is 153 cm³/mol. The molecule has 3 aromatic rings. The second kappa shape index (κ2) is 14.4. The monoisotopic (exact) mass is 556 g/mol. The summed E-state index contributed by atoms with van der Waals surface area (Å²) in [4.78, 5) is 17.4. The Kier molecular flexibility index (Phi) is 11.7. The van der Waals surface area contributed by atoms with Crippen LogP contribution in [0.1, 0.15) is 57.2 Å². The molecule has 0 bridgehead atoms. The Hall–Kier alpha value is -3.49. The first-order valence-electron chi connectivity index (χ1n) is 12.2. The lowest BCUT2D eigenvalue weighted by Crippen LogP contribution is -2.51. The van der Waals surface area contributed by atoms with Gasteiger partial charge < -0.3 is 15.9 Å². The van der Waals surface area contributed by atoms with E-state index in [9.17, 15) is 4.79 Å². The van der Waals surface area contributed by atoms with E-state index in [-0.39, 0.29) is 29.6 Å². The van der Waals surface area contributed by atoms with Crippen molar-refractivity contribution in [2.45, 2.75) is 58.6 Å². The van der Waals surface area contributed by atoms with Gasteiger partial charge in [-0.05, 0) is 68.7 Å². The molecule has 1 amide bonds. The largest absolute Gasteiger partial charge is 0.462 e. The number of carbonyl (C=O) groups excluding carboxylic acids is 1. The molecule has 4 N–H and O–H groups in total. The third-order valence-electron chi connectivity index (χ3n) is 5.68. The summed E-state index contributed by atoms with van der Waals surface area (Å²) in [5.74, 6) is 4.74. The van der Waals surface area contributed by atoms with Crippen LogP contribution in [-0.2, 0) is 11.2 Å². The van der Waals surface area contributed by atoms with Crippen LogP contribution in [0.4, 0.5) is 0 Å². The zero-order valence-electron chi connectivity index (χ0n) is 22.2. The second-order valence-corrected chi connectivity index (χ2v) is 9.69. The van der Waals surface area contributed by atoms with Crippen molar-refractivity contribution in [3.05, 3.63) is 93.6 Å². The van der Waals surface area contributed by atoms with E-state index in [0.29, 0.717) is 22.0 Å². The number of nitrogens with one attached hydrogen (secondary N) is 2. The molecule has 2 unspecified atom stereocenters. The highest BCUT2D eigenvalue weighted by molar-refractivity contribution is 6.30. The van der Waals surface area contributed by atoms with Crippen molar-refractivity contribution in [1.82, 2.24) is 10.3 Å². The third kappa shape index (κ3) is 8.82. The van der Waals surface area contributed by atoms with E-state index >= 15 is 0 Å².